The van der Waals surface area contributed by atoms with E-state index in [-0.39, 0.29) is 17.0 Å². The first-order chi connectivity index (χ1) is 11.0. The largest absolute Gasteiger partial charge is 0.435 e. The van der Waals surface area contributed by atoms with Gasteiger partial charge in [-0.05, 0) is 26.0 Å². The Hall–Kier alpha value is -2.77. The summed E-state index contributed by atoms with van der Waals surface area (Å²) < 4.78 is 42.8. The molecular formula is C15H11F3N4O. The summed E-state index contributed by atoms with van der Waals surface area (Å²) >= 11 is 0. The van der Waals surface area contributed by atoms with E-state index in [1.807, 2.05) is 0 Å². The van der Waals surface area contributed by atoms with Crippen molar-refractivity contribution < 1.29 is 17.9 Å². The van der Waals surface area contributed by atoms with Gasteiger partial charge >= 0.3 is 6.61 Å². The molecule has 0 radical (unpaired) electrons. The molecule has 8 heteroatoms. The molecule has 118 valence electrons. The van der Waals surface area contributed by atoms with Crippen LogP contribution in [0.4, 0.5) is 13.2 Å². The highest BCUT2D eigenvalue weighted by atomic mass is 19.3. The minimum absolute atomic E-state index is 0.108. The van der Waals surface area contributed by atoms with Crippen LogP contribution in [-0.4, -0.2) is 26.5 Å². The Balaban J connectivity index is 2.15. The molecule has 0 aliphatic carbocycles. The van der Waals surface area contributed by atoms with Crippen molar-refractivity contribution in [2.75, 3.05) is 0 Å². The second-order valence-electron chi connectivity index (χ2n) is 4.81. The topological polar surface area (TPSA) is 60.8 Å². The SMILES string of the molecule is Cc1nc2ncnc(-c3ccc(OC(F)F)cc3F)c2nc1C. The molecule has 0 amide bonds. The molecule has 0 aliphatic rings. The van der Waals surface area contributed by atoms with Crippen molar-refractivity contribution in [1.29, 1.82) is 0 Å². The lowest BCUT2D eigenvalue weighted by atomic mass is 10.1. The summed E-state index contributed by atoms with van der Waals surface area (Å²) in [5, 5.41) is 0. The standard InChI is InChI=1S/C15H11F3N4O/c1-7-8(2)22-14-13(21-7)12(19-6-20-14)10-4-3-9(5-11(10)16)23-15(17)18/h3-6,15H,1-2H3. The molecule has 2 aromatic heterocycles. The molecule has 0 unspecified atom stereocenters. The maximum atomic E-state index is 14.3. The van der Waals surface area contributed by atoms with Crippen molar-refractivity contribution in [3.8, 4) is 17.0 Å². The van der Waals surface area contributed by atoms with Gasteiger partial charge in [0.25, 0.3) is 0 Å². The highest BCUT2D eigenvalue weighted by molar-refractivity contribution is 5.86. The molecule has 3 rings (SSSR count). The lowest BCUT2D eigenvalue weighted by Gasteiger charge is -2.09. The third-order valence-electron chi connectivity index (χ3n) is 3.30. The molecule has 0 aliphatic heterocycles. The molecule has 0 saturated heterocycles. The van der Waals surface area contributed by atoms with Crippen LogP contribution in [0, 0.1) is 19.7 Å². The van der Waals surface area contributed by atoms with Gasteiger partial charge in [-0.15, -0.1) is 0 Å². The van der Waals surface area contributed by atoms with Crippen molar-refractivity contribution in [2.45, 2.75) is 20.5 Å². The van der Waals surface area contributed by atoms with Gasteiger partial charge in [-0.2, -0.15) is 8.78 Å². The van der Waals surface area contributed by atoms with Gasteiger partial charge in [-0.25, -0.2) is 24.3 Å². The lowest BCUT2D eigenvalue weighted by Crippen LogP contribution is -2.03. The summed E-state index contributed by atoms with van der Waals surface area (Å²) in [5.41, 5.74) is 2.42. The lowest BCUT2D eigenvalue weighted by molar-refractivity contribution is -0.0499. The van der Waals surface area contributed by atoms with Crippen LogP contribution >= 0.6 is 0 Å². The molecule has 2 heterocycles. The molecule has 0 atom stereocenters. The average molecular weight is 320 g/mol. The molecule has 23 heavy (non-hydrogen) atoms. The Morgan fingerprint density at radius 2 is 1.78 bits per heavy atom. The first-order valence-corrected chi connectivity index (χ1v) is 6.66. The maximum Gasteiger partial charge on any atom is 0.387 e. The molecule has 5 nitrogen and oxygen atoms in total. The minimum Gasteiger partial charge on any atom is -0.435 e. The summed E-state index contributed by atoms with van der Waals surface area (Å²) in [6, 6.07) is 3.43. The predicted octanol–water partition coefficient (Wildman–Crippen LogP) is 3.44. The van der Waals surface area contributed by atoms with Gasteiger partial charge < -0.3 is 4.74 Å². The van der Waals surface area contributed by atoms with Crippen LogP contribution in [0.25, 0.3) is 22.4 Å². The van der Waals surface area contributed by atoms with Gasteiger partial charge in [0.2, 0.25) is 0 Å². The van der Waals surface area contributed by atoms with Gasteiger partial charge in [0.15, 0.2) is 5.65 Å². The molecule has 1 aromatic carbocycles. The zero-order valence-electron chi connectivity index (χ0n) is 12.2. The predicted molar refractivity (Wildman–Crippen MR) is 76.6 cm³/mol. The summed E-state index contributed by atoms with van der Waals surface area (Å²) in [4.78, 5) is 16.7. The second kappa shape index (κ2) is 5.79. The van der Waals surface area contributed by atoms with E-state index in [9.17, 15) is 13.2 Å². The van der Waals surface area contributed by atoms with E-state index in [1.165, 1.54) is 18.5 Å². The molecule has 0 spiro atoms. The van der Waals surface area contributed by atoms with E-state index in [1.54, 1.807) is 13.8 Å². The Morgan fingerprint density at radius 1 is 1.04 bits per heavy atom. The Labute approximate surface area is 129 Å². The van der Waals surface area contributed by atoms with Gasteiger partial charge in [-0.3, -0.25) is 0 Å². The molecule has 3 aromatic rings. The third-order valence-corrected chi connectivity index (χ3v) is 3.30. The number of halogens is 3. The molecule has 0 fully saturated rings. The van der Waals surface area contributed by atoms with Crippen LogP contribution < -0.4 is 4.74 Å². The minimum atomic E-state index is -3.02. The number of fused-ring (bicyclic) bond motifs is 1. The molecule has 0 saturated carbocycles. The van der Waals surface area contributed by atoms with E-state index >= 15 is 0 Å². The number of hydrogen-bond donors (Lipinski definition) is 0. The second-order valence-corrected chi connectivity index (χ2v) is 4.81. The molecule has 0 bridgehead atoms. The smallest absolute Gasteiger partial charge is 0.387 e. The van der Waals surface area contributed by atoms with E-state index in [2.05, 4.69) is 24.7 Å². The third kappa shape index (κ3) is 2.92. The normalized spacial score (nSPS) is 11.2. The first kappa shape index (κ1) is 15.1. The van der Waals surface area contributed by atoms with Crippen LogP contribution in [-0.2, 0) is 0 Å². The van der Waals surface area contributed by atoms with Crippen LogP contribution in [0.3, 0.4) is 0 Å². The fourth-order valence-corrected chi connectivity index (χ4v) is 2.10. The van der Waals surface area contributed by atoms with E-state index < -0.39 is 12.4 Å². The Morgan fingerprint density at radius 3 is 2.48 bits per heavy atom. The Kier molecular flexibility index (Phi) is 3.81. The monoisotopic (exact) mass is 320 g/mol. The van der Waals surface area contributed by atoms with Gasteiger partial charge in [0.05, 0.1) is 11.4 Å². The number of alkyl halides is 2. The van der Waals surface area contributed by atoms with Crippen molar-refractivity contribution in [3.63, 3.8) is 0 Å². The number of aromatic nitrogens is 4. The van der Waals surface area contributed by atoms with Gasteiger partial charge in [-0.1, -0.05) is 0 Å². The molecular weight excluding hydrogens is 309 g/mol. The van der Waals surface area contributed by atoms with Crippen LogP contribution in [0.15, 0.2) is 24.5 Å². The summed E-state index contributed by atoms with van der Waals surface area (Å²) in [5.74, 6) is -1.01. The van der Waals surface area contributed by atoms with Crippen molar-refractivity contribution in [2.24, 2.45) is 0 Å². The number of hydrogen-bond acceptors (Lipinski definition) is 5. The zero-order valence-corrected chi connectivity index (χ0v) is 12.2. The molecule has 0 N–H and O–H groups in total. The summed E-state index contributed by atoms with van der Waals surface area (Å²) in [6.07, 6.45) is 1.25. The Bertz CT molecular complexity index is 886. The van der Waals surface area contributed by atoms with Gasteiger partial charge in [0.1, 0.15) is 29.1 Å². The maximum absolute atomic E-state index is 14.3. The number of ether oxygens (including phenoxy) is 1. The average Bonchev–Trinajstić information content (AvgIpc) is 2.48. The quantitative estimate of drug-likeness (QED) is 0.740. The first-order valence-electron chi connectivity index (χ1n) is 6.66. The van der Waals surface area contributed by atoms with E-state index in [0.29, 0.717) is 22.6 Å². The fourth-order valence-electron chi connectivity index (χ4n) is 2.10. The zero-order chi connectivity index (χ0) is 16.6. The number of rotatable bonds is 3. The van der Waals surface area contributed by atoms with E-state index in [0.717, 1.165) is 6.07 Å². The summed E-state index contributed by atoms with van der Waals surface area (Å²) in [6.45, 7) is 0.548. The van der Waals surface area contributed by atoms with Crippen molar-refractivity contribution in [3.05, 3.63) is 41.7 Å². The number of benzene rings is 1. The van der Waals surface area contributed by atoms with Gasteiger partial charge in [0, 0.05) is 11.6 Å². The van der Waals surface area contributed by atoms with Crippen molar-refractivity contribution in [1.82, 2.24) is 19.9 Å². The van der Waals surface area contributed by atoms with Crippen LogP contribution in [0.2, 0.25) is 0 Å². The van der Waals surface area contributed by atoms with Crippen LogP contribution in [0.5, 0.6) is 5.75 Å². The highest BCUT2D eigenvalue weighted by Crippen LogP contribution is 2.29. The highest BCUT2D eigenvalue weighted by Gasteiger charge is 2.16. The summed E-state index contributed by atoms with van der Waals surface area (Å²) in [7, 11) is 0. The van der Waals surface area contributed by atoms with Crippen LogP contribution in [0.1, 0.15) is 11.4 Å². The number of aryl methyl sites for hydroxylation is 2. The van der Waals surface area contributed by atoms with E-state index in [4.69, 9.17) is 0 Å². The van der Waals surface area contributed by atoms with Crippen molar-refractivity contribution >= 4 is 11.2 Å². The fraction of sp³-hybridized carbons (Fsp3) is 0.200. The number of nitrogens with zero attached hydrogens (tertiary/aromatic N) is 4.